The number of rotatable bonds is 0. The van der Waals surface area contributed by atoms with Crippen LogP contribution in [0, 0.1) is 0 Å². The van der Waals surface area contributed by atoms with Gasteiger partial charge in [-0.3, -0.25) is 0 Å². The second kappa shape index (κ2) is 2.46. The van der Waals surface area contributed by atoms with Gasteiger partial charge < -0.3 is 5.32 Å². The molecule has 1 aromatic heterocycles. The Bertz CT molecular complexity index is 213. The van der Waals surface area contributed by atoms with Crippen LogP contribution < -0.4 is 5.32 Å². The average molecular weight is 153 g/mol. The van der Waals surface area contributed by atoms with Gasteiger partial charge in [-0.2, -0.15) is 0 Å². The lowest BCUT2D eigenvalue weighted by atomic mass is 10.5. The number of hydrogen-bond acceptors (Lipinski definition) is 4. The van der Waals surface area contributed by atoms with Crippen LogP contribution in [-0.4, -0.2) is 22.3 Å². The van der Waals surface area contributed by atoms with Crippen LogP contribution in [0.1, 0.15) is 0 Å². The summed E-state index contributed by atoms with van der Waals surface area (Å²) >= 11 is 1.78. The minimum atomic E-state index is 1.02. The fourth-order valence-corrected chi connectivity index (χ4v) is 1.69. The summed E-state index contributed by atoms with van der Waals surface area (Å²) in [6, 6.07) is 0. The molecule has 3 nitrogen and oxygen atoms in total. The van der Waals surface area contributed by atoms with Crippen molar-refractivity contribution in [2.45, 2.75) is 5.03 Å². The second-order valence-corrected chi connectivity index (χ2v) is 3.10. The van der Waals surface area contributed by atoms with Crippen molar-refractivity contribution in [1.29, 1.82) is 0 Å². The topological polar surface area (TPSA) is 37.8 Å². The third-order valence-electron chi connectivity index (χ3n) is 1.33. The first-order valence-electron chi connectivity index (χ1n) is 3.13. The molecule has 0 aliphatic carbocycles. The first kappa shape index (κ1) is 5.97. The highest BCUT2D eigenvalue weighted by molar-refractivity contribution is 7.99. The summed E-state index contributed by atoms with van der Waals surface area (Å²) in [6.07, 6.45) is 3.40. The molecule has 0 amide bonds. The van der Waals surface area contributed by atoms with Gasteiger partial charge >= 0.3 is 0 Å². The van der Waals surface area contributed by atoms with Gasteiger partial charge in [-0.15, -0.1) is 11.8 Å². The van der Waals surface area contributed by atoms with E-state index in [1.807, 2.05) is 6.20 Å². The van der Waals surface area contributed by atoms with Gasteiger partial charge in [0, 0.05) is 12.3 Å². The fourth-order valence-electron chi connectivity index (χ4n) is 0.888. The second-order valence-electron chi connectivity index (χ2n) is 2.02. The summed E-state index contributed by atoms with van der Waals surface area (Å²) in [4.78, 5) is 8.02. The van der Waals surface area contributed by atoms with E-state index in [0.717, 1.165) is 23.0 Å². The minimum absolute atomic E-state index is 1.02. The molecule has 0 bridgehead atoms. The van der Waals surface area contributed by atoms with Crippen LogP contribution in [0.3, 0.4) is 0 Å². The van der Waals surface area contributed by atoms with Gasteiger partial charge in [0.2, 0.25) is 0 Å². The Hall–Kier alpha value is -0.770. The molecule has 1 aliphatic heterocycles. The lowest BCUT2D eigenvalue weighted by molar-refractivity contribution is 1.01. The maximum absolute atomic E-state index is 4.11. The highest BCUT2D eigenvalue weighted by atomic mass is 32.2. The summed E-state index contributed by atoms with van der Waals surface area (Å²) in [7, 11) is 0. The zero-order chi connectivity index (χ0) is 6.81. The summed E-state index contributed by atoms with van der Waals surface area (Å²) in [5.41, 5.74) is 1.07. The van der Waals surface area contributed by atoms with Crippen LogP contribution in [-0.2, 0) is 0 Å². The van der Waals surface area contributed by atoms with Gasteiger partial charge in [0.15, 0.2) is 0 Å². The van der Waals surface area contributed by atoms with E-state index in [2.05, 4.69) is 15.3 Å². The van der Waals surface area contributed by atoms with Crippen molar-refractivity contribution in [1.82, 2.24) is 9.97 Å². The number of anilines is 1. The SMILES string of the molecule is c1ncc2c(n1)SCCN2. The Morgan fingerprint density at radius 3 is 3.50 bits per heavy atom. The molecular weight excluding hydrogens is 146 g/mol. The standard InChI is InChI=1S/C6H7N3S/c1-2-10-6-5(8-1)3-7-4-9-6/h3-4,8H,1-2H2. The first-order valence-corrected chi connectivity index (χ1v) is 4.12. The average Bonchev–Trinajstić information content (AvgIpc) is 2.05. The highest BCUT2D eigenvalue weighted by Gasteiger charge is 2.08. The predicted molar refractivity (Wildman–Crippen MR) is 41.2 cm³/mol. The summed E-state index contributed by atoms with van der Waals surface area (Å²) in [5.74, 6) is 1.10. The highest BCUT2D eigenvalue weighted by Crippen LogP contribution is 2.26. The molecular formula is C6H7N3S. The largest absolute Gasteiger partial charge is 0.381 e. The minimum Gasteiger partial charge on any atom is -0.381 e. The maximum atomic E-state index is 4.11. The van der Waals surface area contributed by atoms with E-state index >= 15 is 0 Å². The monoisotopic (exact) mass is 153 g/mol. The molecule has 52 valence electrons. The zero-order valence-corrected chi connectivity index (χ0v) is 6.19. The molecule has 10 heavy (non-hydrogen) atoms. The Balaban J connectivity index is 2.41. The maximum Gasteiger partial charge on any atom is 0.123 e. The number of hydrogen-bond donors (Lipinski definition) is 1. The molecule has 1 aromatic rings. The molecule has 0 fully saturated rings. The van der Waals surface area contributed by atoms with Crippen molar-refractivity contribution >= 4 is 17.4 Å². The molecule has 0 atom stereocenters. The van der Waals surface area contributed by atoms with E-state index in [9.17, 15) is 0 Å². The van der Waals surface area contributed by atoms with E-state index in [1.165, 1.54) is 0 Å². The molecule has 4 heteroatoms. The van der Waals surface area contributed by atoms with Crippen LogP contribution in [0.5, 0.6) is 0 Å². The molecule has 0 saturated heterocycles. The first-order chi connectivity index (χ1) is 4.97. The van der Waals surface area contributed by atoms with Crippen molar-refractivity contribution in [3.8, 4) is 0 Å². The Labute approximate surface area is 63.3 Å². The summed E-state index contributed by atoms with van der Waals surface area (Å²) in [5, 5.41) is 4.29. The predicted octanol–water partition coefficient (Wildman–Crippen LogP) is 0.994. The number of aromatic nitrogens is 2. The fraction of sp³-hybridized carbons (Fsp3) is 0.333. The summed E-state index contributed by atoms with van der Waals surface area (Å²) < 4.78 is 0. The quantitative estimate of drug-likeness (QED) is 0.564. The van der Waals surface area contributed by atoms with Gasteiger partial charge in [-0.1, -0.05) is 0 Å². The molecule has 1 N–H and O–H groups in total. The Morgan fingerprint density at radius 2 is 2.60 bits per heavy atom. The van der Waals surface area contributed by atoms with Crippen molar-refractivity contribution in [3.05, 3.63) is 12.5 Å². The van der Waals surface area contributed by atoms with E-state index in [-0.39, 0.29) is 0 Å². The lowest BCUT2D eigenvalue weighted by Gasteiger charge is -2.14. The Morgan fingerprint density at radius 1 is 1.60 bits per heavy atom. The van der Waals surface area contributed by atoms with E-state index < -0.39 is 0 Å². The van der Waals surface area contributed by atoms with E-state index in [0.29, 0.717) is 0 Å². The molecule has 0 aromatic carbocycles. The van der Waals surface area contributed by atoms with Gasteiger partial charge in [0.05, 0.1) is 11.9 Å². The van der Waals surface area contributed by atoms with Crippen molar-refractivity contribution < 1.29 is 0 Å². The number of nitrogens with zero attached hydrogens (tertiary/aromatic N) is 2. The van der Waals surface area contributed by atoms with Gasteiger partial charge in [-0.25, -0.2) is 9.97 Å². The number of thioether (sulfide) groups is 1. The van der Waals surface area contributed by atoms with E-state index in [1.54, 1.807) is 18.1 Å². The normalized spacial score (nSPS) is 15.6. The van der Waals surface area contributed by atoms with Crippen LogP contribution in [0.25, 0.3) is 0 Å². The number of nitrogens with one attached hydrogen (secondary N) is 1. The van der Waals surface area contributed by atoms with Crippen molar-refractivity contribution in [2.75, 3.05) is 17.6 Å². The molecule has 0 unspecified atom stereocenters. The van der Waals surface area contributed by atoms with Crippen LogP contribution >= 0.6 is 11.8 Å². The summed E-state index contributed by atoms with van der Waals surface area (Å²) in [6.45, 7) is 1.02. The molecule has 0 saturated carbocycles. The van der Waals surface area contributed by atoms with Gasteiger partial charge in [0.1, 0.15) is 11.4 Å². The van der Waals surface area contributed by atoms with Gasteiger partial charge in [0.25, 0.3) is 0 Å². The third-order valence-corrected chi connectivity index (χ3v) is 2.34. The van der Waals surface area contributed by atoms with Crippen LogP contribution in [0.2, 0.25) is 0 Å². The van der Waals surface area contributed by atoms with E-state index in [4.69, 9.17) is 0 Å². The molecule has 0 spiro atoms. The van der Waals surface area contributed by atoms with Crippen molar-refractivity contribution in [2.24, 2.45) is 0 Å². The van der Waals surface area contributed by atoms with Gasteiger partial charge in [-0.05, 0) is 0 Å². The van der Waals surface area contributed by atoms with Crippen molar-refractivity contribution in [3.63, 3.8) is 0 Å². The third kappa shape index (κ3) is 0.945. The number of fused-ring (bicyclic) bond motifs is 1. The molecule has 2 heterocycles. The van der Waals surface area contributed by atoms with Crippen LogP contribution in [0.4, 0.5) is 5.69 Å². The lowest BCUT2D eigenvalue weighted by Crippen LogP contribution is -2.11. The Kier molecular flexibility index (Phi) is 1.47. The molecule has 1 aliphatic rings. The zero-order valence-electron chi connectivity index (χ0n) is 5.37. The molecule has 0 radical (unpaired) electrons. The van der Waals surface area contributed by atoms with Crippen LogP contribution in [0.15, 0.2) is 17.6 Å². The molecule has 2 rings (SSSR count). The smallest absolute Gasteiger partial charge is 0.123 e.